The summed E-state index contributed by atoms with van der Waals surface area (Å²) >= 11 is 6.32. The number of unbranched alkanes of at least 4 members (excludes halogenated alkanes) is 1. The van der Waals surface area contributed by atoms with E-state index in [0.717, 1.165) is 12.5 Å². The number of ether oxygens (including phenoxy) is 1. The van der Waals surface area contributed by atoms with Gasteiger partial charge in [-0.2, -0.15) is 0 Å². The molecule has 0 spiro atoms. The van der Waals surface area contributed by atoms with Gasteiger partial charge in [0.2, 0.25) is 10.0 Å². The Morgan fingerprint density at radius 1 is 1.48 bits per heavy atom. The van der Waals surface area contributed by atoms with Crippen LogP contribution in [0.1, 0.15) is 26.7 Å². The molecule has 1 rings (SSSR count). The molecule has 0 unspecified atom stereocenters. The summed E-state index contributed by atoms with van der Waals surface area (Å²) < 4.78 is 31.3. The molecular formula is C11H17ClN2O5S2. The van der Waals surface area contributed by atoms with Gasteiger partial charge in [-0.1, -0.05) is 11.6 Å². The van der Waals surface area contributed by atoms with Crippen molar-refractivity contribution in [1.82, 2.24) is 4.72 Å². The highest BCUT2D eigenvalue weighted by atomic mass is 35.5. The van der Waals surface area contributed by atoms with Gasteiger partial charge in [-0.15, -0.1) is 11.3 Å². The van der Waals surface area contributed by atoms with E-state index >= 15 is 0 Å². The highest BCUT2D eigenvalue weighted by molar-refractivity contribution is 7.91. The van der Waals surface area contributed by atoms with Crippen molar-refractivity contribution in [2.45, 2.75) is 37.0 Å². The van der Waals surface area contributed by atoms with Gasteiger partial charge in [0.05, 0.1) is 11.0 Å². The third-order valence-electron chi connectivity index (χ3n) is 2.42. The van der Waals surface area contributed by atoms with Gasteiger partial charge in [-0.25, -0.2) is 13.1 Å². The van der Waals surface area contributed by atoms with Crippen LogP contribution in [0.15, 0.2) is 10.3 Å². The Morgan fingerprint density at radius 3 is 2.67 bits per heavy atom. The molecule has 10 heteroatoms. The topological polar surface area (TPSA) is 98.5 Å². The monoisotopic (exact) mass is 356 g/mol. The molecule has 1 heterocycles. The Balaban J connectivity index is 2.50. The lowest BCUT2D eigenvalue weighted by Crippen LogP contribution is -2.24. The Labute approximate surface area is 132 Å². The van der Waals surface area contributed by atoms with Crippen molar-refractivity contribution in [3.8, 4) is 0 Å². The minimum absolute atomic E-state index is 0.147. The molecule has 7 nitrogen and oxygen atoms in total. The van der Waals surface area contributed by atoms with Crippen LogP contribution in [0.5, 0.6) is 0 Å². The first-order chi connectivity index (χ1) is 9.74. The normalized spacial score (nSPS) is 12.0. The second-order valence-corrected chi connectivity index (χ2v) is 8.15. The Morgan fingerprint density at radius 2 is 2.14 bits per heavy atom. The summed E-state index contributed by atoms with van der Waals surface area (Å²) in [5.41, 5.74) is -0.396. The van der Waals surface area contributed by atoms with Gasteiger partial charge in [-0.3, -0.25) is 10.1 Å². The zero-order chi connectivity index (χ0) is 16.0. The zero-order valence-corrected chi connectivity index (χ0v) is 14.1. The lowest BCUT2D eigenvalue weighted by Gasteiger charge is -2.07. The molecular weight excluding hydrogens is 340 g/mol. The Bertz CT molecular complexity index is 585. The van der Waals surface area contributed by atoms with Crippen LogP contribution in [0.4, 0.5) is 5.69 Å². The van der Waals surface area contributed by atoms with Gasteiger partial charge in [0.15, 0.2) is 4.34 Å². The van der Waals surface area contributed by atoms with E-state index in [9.17, 15) is 18.5 Å². The number of rotatable bonds is 9. The summed E-state index contributed by atoms with van der Waals surface area (Å²) in [7, 11) is -3.76. The summed E-state index contributed by atoms with van der Waals surface area (Å²) in [5.74, 6) is 0. The highest BCUT2D eigenvalue weighted by Crippen LogP contribution is 2.35. The molecule has 0 fully saturated rings. The summed E-state index contributed by atoms with van der Waals surface area (Å²) in [6.07, 6.45) is 1.50. The van der Waals surface area contributed by atoms with Crippen LogP contribution < -0.4 is 4.72 Å². The van der Waals surface area contributed by atoms with E-state index in [4.69, 9.17) is 16.3 Å². The number of nitrogens with zero attached hydrogens (tertiary/aromatic N) is 1. The maximum Gasteiger partial charge on any atom is 0.300 e. The predicted octanol–water partition coefficient (Wildman–Crippen LogP) is 2.79. The molecule has 21 heavy (non-hydrogen) atoms. The molecule has 0 saturated carbocycles. The van der Waals surface area contributed by atoms with Gasteiger partial charge < -0.3 is 4.74 Å². The largest absolute Gasteiger partial charge is 0.379 e. The summed E-state index contributed by atoms with van der Waals surface area (Å²) in [4.78, 5) is 9.94. The van der Waals surface area contributed by atoms with E-state index in [1.165, 1.54) is 0 Å². The van der Waals surface area contributed by atoms with Crippen LogP contribution in [0.2, 0.25) is 4.34 Å². The quantitative estimate of drug-likeness (QED) is 0.416. The first-order valence-electron chi connectivity index (χ1n) is 6.29. The average Bonchev–Trinajstić information content (AvgIpc) is 2.76. The van der Waals surface area contributed by atoms with Crippen LogP contribution in [0, 0.1) is 10.1 Å². The fourth-order valence-corrected chi connectivity index (χ4v) is 4.20. The van der Waals surface area contributed by atoms with Crippen LogP contribution >= 0.6 is 22.9 Å². The van der Waals surface area contributed by atoms with E-state index in [1.54, 1.807) is 0 Å². The van der Waals surface area contributed by atoms with E-state index in [0.29, 0.717) is 24.4 Å². The second kappa shape index (κ2) is 8.04. The van der Waals surface area contributed by atoms with E-state index in [2.05, 4.69) is 4.72 Å². The first kappa shape index (κ1) is 18.3. The molecule has 0 amide bonds. The number of nitrogens with one attached hydrogen (secondary N) is 1. The molecule has 0 bridgehead atoms. The maximum absolute atomic E-state index is 11.9. The van der Waals surface area contributed by atoms with Crippen molar-refractivity contribution in [2.24, 2.45) is 0 Å². The number of nitro groups is 1. The number of thiophene rings is 1. The molecule has 120 valence electrons. The second-order valence-electron chi connectivity index (χ2n) is 4.51. The highest BCUT2D eigenvalue weighted by Gasteiger charge is 2.24. The molecule has 0 radical (unpaired) electrons. The van der Waals surface area contributed by atoms with Crippen molar-refractivity contribution < 1.29 is 18.1 Å². The number of hydrogen-bond acceptors (Lipinski definition) is 6. The van der Waals surface area contributed by atoms with Gasteiger partial charge >= 0.3 is 0 Å². The average molecular weight is 357 g/mol. The number of halogens is 1. The molecule has 0 aliphatic heterocycles. The first-order valence-corrected chi connectivity index (χ1v) is 8.97. The molecule has 0 aliphatic rings. The van der Waals surface area contributed by atoms with Crippen molar-refractivity contribution >= 4 is 38.6 Å². The van der Waals surface area contributed by atoms with Gasteiger partial charge in [0.1, 0.15) is 4.21 Å². The minimum Gasteiger partial charge on any atom is -0.379 e. The lowest BCUT2D eigenvalue weighted by atomic mass is 10.3. The van der Waals surface area contributed by atoms with E-state index in [1.807, 2.05) is 13.8 Å². The van der Waals surface area contributed by atoms with Gasteiger partial charge in [0.25, 0.3) is 5.69 Å². The van der Waals surface area contributed by atoms with Crippen molar-refractivity contribution in [1.29, 1.82) is 0 Å². The third kappa shape index (κ3) is 5.87. The number of hydrogen-bond donors (Lipinski definition) is 1. The molecule has 1 aromatic heterocycles. The fraction of sp³-hybridized carbons (Fsp3) is 0.636. The van der Waals surface area contributed by atoms with E-state index < -0.39 is 20.6 Å². The smallest absolute Gasteiger partial charge is 0.300 e. The summed E-state index contributed by atoms with van der Waals surface area (Å²) in [6, 6.07) is 0.969. The molecule has 1 N–H and O–H groups in total. The van der Waals surface area contributed by atoms with Crippen molar-refractivity contribution in [3.05, 3.63) is 20.5 Å². The summed E-state index contributed by atoms with van der Waals surface area (Å²) in [6.45, 7) is 4.66. The van der Waals surface area contributed by atoms with Crippen LogP contribution in [0.25, 0.3) is 0 Å². The molecule has 0 atom stereocenters. The zero-order valence-electron chi connectivity index (χ0n) is 11.7. The minimum atomic E-state index is -3.76. The lowest BCUT2D eigenvalue weighted by molar-refractivity contribution is -0.384. The van der Waals surface area contributed by atoms with Gasteiger partial charge in [-0.05, 0) is 26.7 Å². The van der Waals surface area contributed by atoms with Crippen LogP contribution in [-0.2, 0) is 14.8 Å². The third-order valence-corrected chi connectivity index (χ3v) is 5.69. The van der Waals surface area contributed by atoms with Crippen molar-refractivity contribution in [3.63, 3.8) is 0 Å². The van der Waals surface area contributed by atoms with Crippen molar-refractivity contribution in [2.75, 3.05) is 13.2 Å². The SMILES string of the molecule is CC(C)OCCCCNS(=O)(=O)c1cc([N+](=O)[O-])c(Cl)s1. The maximum atomic E-state index is 11.9. The Kier molecular flexibility index (Phi) is 7.01. The number of sulfonamides is 1. The van der Waals surface area contributed by atoms with E-state index in [-0.39, 0.29) is 21.2 Å². The standard InChI is InChI=1S/C11H17ClN2O5S2/c1-8(2)19-6-4-3-5-13-21(17,18)10-7-9(14(15)16)11(12)20-10/h7-8,13H,3-6H2,1-2H3. The molecule has 0 aliphatic carbocycles. The molecule has 1 aromatic rings. The predicted molar refractivity (Wildman–Crippen MR) is 81.5 cm³/mol. The van der Waals surface area contributed by atoms with Crippen LogP contribution in [0.3, 0.4) is 0 Å². The summed E-state index contributed by atoms with van der Waals surface area (Å²) in [5, 5.41) is 10.6. The molecule has 0 aromatic carbocycles. The van der Waals surface area contributed by atoms with Gasteiger partial charge in [0, 0.05) is 19.2 Å². The Hall–Kier alpha value is -0.740. The molecule has 0 saturated heterocycles. The van der Waals surface area contributed by atoms with Crippen LogP contribution in [-0.4, -0.2) is 32.6 Å². The fourth-order valence-electron chi connectivity index (χ4n) is 1.42.